The van der Waals surface area contributed by atoms with Gasteiger partial charge in [0, 0.05) is 0 Å². The van der Waals surface area contributed by atoms with Crippen LogP contribution in [-0.4, -0.2) is 3.81 Å². The Balaban J connectivity index is -0.000000228. The SMILES string of the molecule is CC1=[C-]C(C)C(C)=C1C.C[C](C)=[Ti+2].Cl.Cl.[C-]1=CC=CC1. The summed E-state index contributed by atoms with van der Waals surface area (Å²) in [4.78, 5) is 0. The summed E-state index contributed by atoms with van der Waals surface area (Å²) in [6.07, 6.45) is 13.4. The predicted octanol–water partition coefficient (Wildman–Crippen LogP) is 5.62. The molecule has 0 aromatic heterocycles. The second kappa shape index (κ2) is 14.1. The molecule has 0 aromatic rings. The monoisotopic (exact) mass is 348 g/mol. The first-order chi connectivity index (χ1) is 8.36. The van der Waals surface area contributed by atoms with Crippen LogP contribution in [0, 0.1) is 18.1 Å². The molecule has 0 aromatic carbocycles. The van der Waals surface area contributed by atoms with Crippen LogP contribution in [0.5, 0.6) is 0 Å². The summed E-state index contributed by atoms with van der Waals surface area (Å²) >= 11 is 2.08. The van der Waals surface area contributed by atoms with Gasteiger partial charge in [0.05, 0.1) is 0 Å². The Morgan fingerprint density at radius 1 is 1.20 bits per heavy atom. The maximum Gasteiger partial charge on any atom is -0.109 e. The molecule has 0 spiro atoms. The molecular weight excluding hydrogens is 323 g/mol. The quantitative estimate of drug-likeness (QED) is 0.394. The van der Waals surface area contributed by atoms with Crippen molar-refractivity contribution in [2.45, 2.75) is 48.0 Å². The summed E-state index contributed by atoms with van der Waals surface area (Å²) in [7, 11) is 0. The first-order valence-corrected chi connectivity index (χ1v) is 7.15. The van der Waals surface area contributed by atoms with Crippen molar-refractivity contribution in [3.05, 3.63) is 47.1 Å². The molecule has 3 heteroatoms. The Labute approximate surface area is 149 Å². The van der Waals surface area contributed by atoms with Gasteiger partial charge in [-0.2, -0.15) is 17.2 Å². The minimum absolute atomic E-state index is 0. The van der Waals surface area contributed by atoms with Gasteiger partial charge in [0.15, 0.2) is 0 Å². The minimum Gasteiger partial charge on any atom is -0.273 e. The molecule has 1 unspecified atom stereocenters. The third kappa shape index (κ3) is 11.9. The van der Waals surface area contributed by atoms with E-state index in [4.69, 9.17) is 0 Å². The second-order valence-corrected chi connectivity index (χ2v) is 6.36. The molecule has 0 saturated heterocycles. The average Bonchev–Trinajstić information content (AvgIpc) is 2.89. The van der Waals surface area contributed by atoms with Crippen LogP contribution in [0.15, 0.2) is 34.9 Å². The van der Waals surface area contributed by atoms with Crippen molar-refractivity contribution in [2.24, 2.45) is 5.92 Å². The summed E-state index contributed by atoms with van der Waals surface area (Å²) in [5.41, 5.74) is 4.25. The predicted molar refractivity (Wildman–Crippen MR) is 92.4 cm³/mol. The molecule has 2 aliphatic carbocycles. The van der Waals surface area contributed by atoms with E-state index in [0.717, 1.165) is 6.42 Å². The van der Waals surface area contributed by atoms with Crippen LogP contribution in [0.4, 0.5) is 0 Å². The number of hydrogen-bond donors (Lipinski definition) is 0. The standard InChI is InChI=1S/C9H13.C5H5.C3H6.2ClH.Ti/c1-6-5-7(2)9(4)8(6)3;1-2-4-5-3-1;1-3-2;;;/h6H,1-4H3;1-3H,4H2;1-2H3;2*1H;/q2*-1;;;;+2. The average molecular weight is 349 g/mol. The van der Waals surface area contributed by atoms with Crippen molar-refractivity contribution in [3.8, 4) is 0 Å². The van der Waals surface area contributed by atoms with Crippen LogP contribution in [0.2, 0.25) is 0 Å². The van der Waals surface area contributed by atoms with Gasteiger partial charge in [-0.1, -0.05) is 26.7 Å². The molecule has 112 valence electrons. The molecule has 0 fully saturated rings. The Morgan fingerprint density at radius 3 is 1.80 bits per heavy atom. The molecule has 0 aliphatic heterocycles. The third-order valence-electron chi connectivity index (χ3n) is 2.82. The van der Waals surface area contributed by atoms with Crippen LogP contribution >= 0.6 is 24.8 Å². The Hall–Kier alpha value is 0.124. The van der Waals surface area contributed by atoms with E-state index in [-0.39, 0.29) is 24.8 Å². The van der Waals surface area contributed by atoms with E-state index in [2.05, 4.69) is 79.7 Å². The fourth-order valence-electron chi connectivity index (χ4n) is 1.50. The molecule has 2 rings (SSSR count). The Bertz CT molecular complexity index is 387. The second-order valence-electron chi connectivity index (χ2n) is 4.80. The molecule has 0 nitrogen and oxygen atoms in total. The van der Waals surface area contributed by atoms with Gasteiger partial charge in [-0.3, -0.25) is 12.2 Å². The van der Waals surface area contributed by atoms with E-state index in [1.165, 1.54) is 20.5 Å². The van der Waals surface area contributed by atoms with Gasteiger partial charge in [-0.25, -0.2) is 17.7 Å². The molecule has 20 heavy (non-hydrogen) atoms. The van der Waals surface area contributed by atoms with Crippen LogP contribution in [-0.2, 0) is 20.0 Å². The summed E-state index contributed by atoms with van der Waals surface area (Å²) in [5, 5.41) is 0. The molecular formula is C17H26Cl2Ti. The zero-order valence-corrected chi connectivity index (χ0v) is 16.5. The summed E-state index contributed by atoms with van der Waals surface area (Å²) in [6, 6.07) is 0. The topological polar surface area (TPSA) is 0 Å². The number of allylic oxidation sites excluding steroid dienone is 8. The molecule has 0 saturated carbocycles. The van der Waals surface area contributed by atoms with Gasteiger partial charge in [0.2, 0.25) is 0 Å². The van der Waals surface area contributed by atoms with E-state index in [1.807, 2.05) is 12.2 Å². The molecule has 2 aliphatic rings. The maximum absolute atomic E-state index is 3.36. The molecule has 0 bridgehead atoms. The number of rotatable bonds is 0. The van der Waals surface area contributed by atoms with Crippen LogP contribution in [0.25, 0.3) is 0 Å². The van der Waals surface area contributed by atoms with Gasteiger partial charge in [-0.15, -0.1) is 38.2 Å². The molecule has 0 amide bonds. The van der Waals surface area contributed by atoms with Crippen molar-refractivity contribution < 1.29 is 20.0 Å². The Kier molecular flexibility index (Phi) is 17.7. The van der Waals surface area contributed by atoms with E-state index in [1.54, 1.807) is 0 Å². The van der Waals surface area contributed by atoms with Gasteiger partial charge >= 0.3 is 37.6 Å². The molecule has 0 heterocycles. The largest absolute Gasteiger partial charge is 0.273 e. The van der Waals surface area contributed by atoms with E-state index < -0.39 is 0 Å². The summed E-state index contributed by atoms with van der Waals surface area (Å²) in [6.45, 7) is 12.8. The van der Waals surface area contributed by atoms with Gasteiger partial charge in [0.25, 0.3) is 0 Å². The van der Waals surface area contributed by atoms with Gasteiger partial charge in [0.1, 0.15) is 0 Å². The first-order valence-electron chi connectivity index (χ1n) is 6.37. The summed E-state index contributed by atoms with van der Waals surface area (Å²) < 4.78 is 1.42. The van der Waals surface area contributed by atoms with E-state index in [9.17, 15) is 0 Å². The number of hydrogen-bond acceptors (Lipinski definition) is 0. The fourth-order valence-corrected chi connectivity index (χ4v) is 1.50. The molecule has 0 radical (unpaired) electrons. The minimum atomic E-state index is 0. The molecule has 1 atom stereocenters. The summed E-state index contributed by atoms with van der Waals surface area (Å²) in [5.74, 6) is 0.560. The van der Waals surface area contributed by atoms with Crippen molar-refractivity contribution >= 4 is 28.6 Å². The van der Waals surface area contributed by atoms with Crippen molar-refractivity contribution in [3.63, 3.8) is 0 Å². The van der Waals surface area contributed by atoms with Crippen molar-refractivity contribution in [1.29, 1.82) is 0 Å². The molecule has 0 N–H and O–H groups in total. The third-order valence-corrected chi connectivity index (χ3v) is 2.82. The zero-order valence-electron chi connectivity index (χ0n) is 13.3. The normalized spacial score (nSPS) is 18.0. The van der Waals surface area contributed by atoms with Gasteiger partial charge < -0.3 is 0 Å². The zero-order chi connectivity index (χ0) is 14.1. The van der Waals surface area contributed by atoms with Gasteiger partial charge in [-0.05, 0) is 0 Å². The first kappa shape index (κ1) is 25.1. The van der Waals surface area contributed by atoms with Crippen LogP contribution < -0.4 is 0 Å². The smallest absolute Gasteiger partial charge is 0.109 e. The van der Waals surface area contributed by atoms with Crippen molar-refractivity contribution in [1.82, 2.24) is 0 Å². The van der Waals surface area contributed by atoms with Crippen LogP contribution in [0.3, 0.4) is 0 Å². The van der Waals surface area contributed by atoms with E-state index >= 15 is 0 Å². The van der Waals surface area contributed by atoms with E-state index in [0.29, 0.717) is 5.92 Å². The van der Waals surface area contributed by atoms with Crippen LogP contribution in [0.1, 0.15) is 48.0 Å². The maximum atomic E-state index is 3.36. The Morgan fingerprint density at radius 2 is 1.70 bits per heavy atom. The fraction of sp³-hybridized carbons (Fsp3) is 0.471. The number of halogens is 2. The van der Waals surface area contributed by atoms with Crippen molar-refractivity contribution in [2.75, 3.05) is 0 Å².